The minimum Gasteiger partial charge on any atom is -0.356 e. The topological polar surface area (TPSA) is 90.0 Å². The van der Waals surface area contributed by atoms with E-state index in [2.05, 4.69) is 24.4 Å². The highest BCUT2D eigenvalue weighted by Gasteiger charge is 2.22. The van der Waals surface area contributed by atoms with Gasteiger partial charge in [0, 0.05) is 61.0 Å². The van der Waals surface area contributed by atoms with Crippen LogP contribution in [0, 0.1) is 17.0 Å². The molecule has 1 aliphatic rings. The first-order valence-corrected chi connectivity index (χ1v) is 8.93. The van der Waals surface area contributed by atoms with Crippen molar-refractivity contribution in [1.82, 2.24) is 19.5 Å². The summed E-state index contributed by atoms with van der Waals surface area (Å²) in [7, 11) is 0. The smallest absolute Gasteiger partial charge is 0.270 e. The number of imidazole rings is 1. The number of nitro groups is 1. The lowest BCUT2D eigenvalue weighted by Crippen LogP contribution is -2.35. The first-order valence-electron chi connectivity index (χ1n) is 8.93. The van der Waals surface area contributed by atoms with Gasteiger partial charge in [0.1, 0.15) is 5.82 Å². The largest absolute Gasteiger partial charge is 0.356 e. The summed E-state index contributed by atoms with van der Waals surface area (Å²) in [5.74, 6) is 1.39. The molecule has 0 radical (unpaired) electrons. The number of hydrogen-bond donors (Lipinski definition) is 0. The molecule has 2 aromatic heterocycles. The van der Waals surface area contributed by atoms with Crippen LogP contribution in [-0.2, 0) is 0 Å². The van der Waals surface area contributed by atoms with Gasteiger partial charge in [0.05, 0.1) is 11.3 Å². The van der Waals surface area contributed by atoms with Gasteiger partial charge < -0.3 is 9.47 Å². The van der Waals surface area contributed by atoms with E-state index in [1.807, 2.05) is 31.7 Å². The fraction of sp³-hybridized carbons (Fsp3) is 0.316. The van der Waals surface area contributed by atoms with Crippen molar-refractivity contribution in [3.63, 3.8) is 0 Å². The van der Waals surface area contributed by atoms with Crippen molar-refractivity contribution in [3.05, 3.63) is 64.9 Å². The van der Waals surface area contributed by atoms with Gasteiger partial charge in [0.25, 0.3) is 5.69 Å². The molecule has 138 valence electrons. The Labute approximate surface area is 156 Å². The number of anilines is 1. The summed E-state index contributed by atoms with van der Waals surface area (Å²) in [5.41, 5.74) is 1.54. The first kappa shape index (κ1) is 17.1. The predicted octanol–water partition coefficient (Wildman–Crippen LogP) is 3.40. The van der Waals surface area contributed by atoms with Gasteiger partial charge in [0.15, 0.2) is 5.82 Å². The van der Waals surface area contributed by atoms with Crippen molar-refractivity contribution < 1.29 is 4.92 Å². The average Bonchev–Trinajstić information content (AvgIpc) is 3.22. The van der Waals surface area contributed by atoms with Crippen molar-refractivity contribution in [2.45, 2.75) is 25.8 Å². The normalized spacial score (nSPS) is 15.1. The highest BCUT2D eigenvalue weighted by atomic mass is 16.6. The predicted molar refractivity (Wildman–Crippen MR) is 102 cm³/mol. The molecule has 0 aliphatic carbocycles. The van der Waals surface area contributed by atoms with Crippen molar-refractivity contribution in [2.75, 3.05) is 18.0 Å². The van der Waals surface area contributed by atoms with Gasteiger partial charge in [-0.15, -0.1) is 0 Å². The monoisotopic (exact) mass is 364 g/mol. The maximum Gasteiger partial charge on any atom is 0.270 e. The third kappa shape index (κ3) is 3.64. The van der Waals surface area contributed by atoms with Crippen LogP contribution in [0.4, 0.5) is 11.5 Å². The van der Waals surface area contributed by atoms with Gasteiger partial charge in [-0.25, -0.2) is 15.0 Å². The van der Waals surface area contributed by atoms with Crippen molar-refractivity contribution in [2.24, 2.45) is 0 Å². The molecular formula is C19H20N6O2. The quantitative estimate of drug-likeness (QED) is 0.521. The molecule has 8 nitrogen and oxygen atoms in total. The fourth-order valence-corrected chi connectivity index (χ4v) is 3.48. The number of nitro benzene ring substituents is 1. The maximum absolute atomic E-state index is 11.0. The summed E-state index contributed by atoms with van der Waals surface area (Å²) in [6.07, 6.45) is 7.73. The molecule has 0 saturated carbocycles. The van der Waals surface area contributed by atoms with Crippen LogP contribution < -0.4 is 4.90 Å². The molecular weight excluding hydrogens is 344 g/mol. The van der Waals surface area contributed by atoms with Crippen LogP contribution >= 0.6 is 0 Å². The molecule has 1 fully saturated rings. The van der Waals surface area contributed by atoms with Crippen LogP contribution in [0.3, 0.4) is 0 Å². The Morgan fingerprint density at radius 3 is 2.70 bits per heavy atom. The summed E-state index contributed by atoms with van der Waals surface area (Å²) >= 11 is 0. The van der Waals surface area contributed by atoms with E-state index in [0.29, 0.717) is 17.4 Å². The van der Waals surface area contributed by atoms with Crippen LogP contribution in [-0.4, -0.2) is 37.5 Å². The van der Waals surface area contributed by atoms with Crippen LogP contribution in [0.5, 0.6) is 0 Å². The second kappa shape index (κ2) is 7.14. The number of hydrogen-bond acceptors (Lipinski definition) is 6. The molecule has 27 heavy (non-hydrogen) atoms. The van der Waals surface area contributed by atoms with E-state index in [9.17, 15) is 10.1 Å². The van der Waals surface area contributed by atoms with Gasteiger partial charge >= 0.3 is 0 Å². The van der Waals surface area contributed by atoms with E-state index in [0.717, 1.165) is 37.4 Å². The van der Waals surface area contributed by atoms with E-state index in [1.165, 1.54) is 12.1 Å². The van der Waals surface area contributed by atoms with Gasteiger partial charge in [0.2, 0.25) is 0 Å². The number of aryl methyl sites for hydroxylation is 1. The highest BCUT2D eigenvalue weighted by molar-refractivity contribution is 5.61. The Morgan fingerprint density at radius 2 is 2.00 bits per heavy atom. The van der Waals surface area contributed by atoms with E-state index in [-0.39, 0.29) is 5.69 Å². The minimum absolute atomic E-state index is 0.0419. The lowest BCUT2D eigenvalue weighted by molar-refractivity contribution is -0.384. The Kier molecular flexibility index (Phi) is 4.53. The third-order valence-corrected chi connectivity index (χ3v) is 4.89. The van der Waals surface area contributed by atoms with E-state index >= 15 is 0 Å². The molecule has 0 amide bonds. The summed E-state index contributed by atoms with van der Waals surface area (Å²) in [6, 6.07) is 8.89. The Morgan fingerprint density at radius 1 is 1.19 bits per heavy atom. The maximum atomic E-state index is 11.0. The molecule has 4 rings (SSSR count). The third-order valence-electron chi connectivity index (χ3n) is 4.89. The molecule has 3 heterocycles. The van der Waals surface area contributed by atoms with Crippen molar-refractivity contribution in [1.29, 1.82) is 0 Å². The van der Waals surface area contributed by atoms with E-state index in [1.54, 1.807) is 12.1 Å². The fourth-order valence-electron chi connectivity index (χ4n) is 3.48. The number of rotatable bonds is 4. The van der Waals surface area contributed by atoms with Gasteiger partial charge in [-0.05, 0) is 19.8 Å². The van der Waals surface area contributed by atoms with Crippen LogP contribution in [0.2, 0.25) is 0 Å². The zero-order chi connectivity index (χ0) is 18.8. The van der Waals surface area contributed by atoms with Crippen molar-refractivity contribution in [3.8, 4) is 11.4 Å². The first-order chi connectivity index (χ1) is 13.1. The molecule has 0 bridgehead atoms. The minimum atomic E-state index is -0.402. The zero-order valence-corrected chi connectivity index (χ0v) is 15.0. The lowest BCUT2D eigenvalue weighted by atomic mass is 10.0. The molecule has 8 heteroatoms. The summed E-state index contributed by atoms with van der Waals surface area (Å²) in [6.45, 7) is 3.71. The van der Waals surface area contributed by atoms with Gasteiger partial charge in [-0.3, -0.25) is 10.1 Å². The number of nitrogens with zero attached hydrogens (tertiary/aromatic N) is 6. The second-order valence-electron chi connectivity index (χ2n) is 6.73. The van der Waals surface area contributed by atoms with Crippen LogP contribution in [0.1, 0.15) is 24.6 Å². The molecule has 1 aliphatic heterocycles. The molecule has 3 aromatic rings. The summed E-state index contributed by atoms with van der Waals surface area (Å²) in [5, 5.41) is 11.0. The average molecular weight is 364 g/mol. The SMILES string of the molecule is Cc1cc(N2CCC(n3ccnc3)CC2)nc(-c2cccc([N+](=O)[O-])c2)n1. The number of aromatic nitrogens is 4. The van der Waals surface area contributed by atoms with Crippen molar-refractivity contribution >= 4 is 11.5 Å². The molecule has 1 saturated heterocycles. The standard InChI is InChI=1S/C19H20N6O2/c1-14-11-18(23-8-5-16(6-9-23)24-10-7-20-13-24)22-19(21-14)15-3-2-4-17(12-15)25(26)27/h2-4,7,10-13,16H,5-6,8-9H2,1H3. The van der Waals surface area contributed by atoms with Gasteiger partial charge in [-0.2, -0.15) is 0 Å². The highest BCUT2D eigenvalue weighted by Crippen LogP contribution is 2.28. The Hall–Kier alpha value is -3.29. The van der Waals surface area contributed by atoms with E-state index < -0.39 is 4.92 Å². The van der Waals surface area contributed by atoms with Crippen LogP contribution in [0.25, 0.3) is 11.4 Å². The summed E-state index contributed by atoms with van der Waals surface area (Å²) in [4.78, 5) is 26.2. The molecule has 0 unspecified atom stereocenters. The molecule has 1 aromatic carbocycles. The second-order valence-corrected chi connectivity index (χ2v) is 6.73. The number of benzene rings is 1. The zero-order valence-electron chi connectivity index (χ0n) is 15.0. The summed E-state index contributed by atoms with van der Waals surface area (Å²) < 4.78 is 2.16. The molecule has 0 spiro atoms. The Balaban J connectivity index is 1.56. The number of piperidine rings is 1. The van der Waals surface area contributed by atoms with E-state index in [4.69, 9.17) is 0 Å². The Bertz CT molecular complexity index is 949. The molecule has 0 atom stereocenters. The van der Waals surface area contributed by atoms with Crippen LogP contribution in [0.15, 0.2) is 49.1 Å². The number of non-ortho nitro benzene ring substituents is 1. The lowest BCUT2D eigenvalue weighted by Gasteiger charge is -2.33. The van der Waals surface area contributed by atoms with Gasteiger partial charge in [-0.1, -0.05) is 12.1 Å². The molecule has 0 N–H and O–H groups in total.